The molecule has 0 aliphatic carbocycles. The van der Waals surface area contributed by atoms with Gasteiger partial charge in [-0.2, -0.15) is 0 Å². The van der Waals surface area contributed by atoms with E-state index in [0.29, 0.717) is 6.61 Å². The Balaban J connectivity index is 1.92. The summed E-state index contributed by atoms with van der Waals surface area (Å²) < 4.78 is 5.99. The molecule has 24 heavy (non-hydrogen) atoms. The van der Waals surface area contributed by atoms with Crippen LogP contribution in [0.3, 0.4) is 0 Å². The molecule has 0 atom stereocenters. The fraction of sp³-hybridized carbons (Fsp3) is 0.143. The molecule has 4 aromatic rings. The number of pyridine rings is 2. The SMILES string of the molecule is Cc1ccc2c(c1)-c1nc3cnc4ccccc4c3c(C)c1CO2. The van der Waals surface area contributed by atoms with Crippen LogP contribution in [0.4, 0.5) is 0 Å². The number of aryl methyl sites for hydroxylation is 2. The van der Waals surface area contributed by atoms with Crippen molar-refractivity contribution in [2.75, 3.05) is 0 Å². The molecule has 3 heteroatoms. The second-order valence-electron chi connectivity index (χ2n) is 6.39. The summed E-state index contributed by atoms with van der Waals surface area (Å²) in [6, 6.07) is 14.5. The van der Waals surface area contributed by atoms with E-state index in [1.54, 1.807) is 0 Å². The standard InChI is InChI=1S/C21H16N2O/c1-12-7-8-19-15(9-12)21-16(11-24-19)13(2)20-14-5-3-4-6-17(14)22-10-18(20)23-21/h3-10H,11H2,1-2H3. The molecule has 2 aromatic carbocycles. The van der Waals surface area contributed by atoms with E-state index in [4.69, 9.17) is 9.72 Å². The molecular formula is C21H16N2O. The van der Waals surface area contributed by atoms with Crippen LogP contribution >= 0.6 is 0 Å². The predicted molar refractivity (Wildman–Crippen MR) is 96.3 cm³/mol. The first-order chi connectivity index (χ1) is 11.7. The Labute approximate surface area is 139 Å². The summed E-state index contributed by atoms with van der Waals surface area (Å²) in [5, 5.41) is 2.33. The highest BCUT2D eigenvalue weighted by Gasteiger charge is 2.23. The minimum Gasteiger partial charge on any atom is -0.488 e. The predicted octanol–water partition coefficient (Wildman–Crippen LogP) is 4.96. The lowest BCUT2D eigenvalue weighted by Crippen LogP contribution is -2.10. The third kappa shape index (κ3) is 1.78. The van der Waals surface area contributed by atoms with E-state index in [2.05, 4.69) is 43.1 Å². The molecule has 0 bridgehead atoms. The van der Waals surface area contributed by atoms with Gasteiger partial charge in [0.25, 0.3) is 0 Å². The van der Waals surface area contributed by atoms with Crippen molar-refractivity contribution in [1.82, 2.24) is 9.97 Å². The van der Waals surface area contributed by atoms with Gasteiger partial charge in [-0.25, -0.2) is 4.98 Å². The number of rotatable bonds is 0. The summed E-state index contributed by atoms with van der Waals surface area (Å²) in [4.78, 5) is 9.55. The van der Waals surface area contributed by atoms with Gasteiger partial charge in [0.2, 0.25) is 0 Å². The molecular weight excluding hydrogens is 296 g/mol. The van der Waals surface area contributed by atoms with Gasteiger partial charge in [-0.15, -0.1) is 0 Å². The van der Waals surface area contributed by atoms with Crippen molar-refractivity contribution in [3.05, 3.63) is 65.4 Å². The maximum atomic E-state index is 5.99. The number of ether oxygens (including phenoxy) is 1. The molecule has 0 spiro atoms. The first-order valence-electron chi connectivity index (χ1n) is 8.13. The van der Waals surface area contributed by atoms with E-state index < -0.39 is 0 Å². The highest BCUT2D eigenvalue weighted by atomic mass is 16.5. The zero-order valence-electron chi connectivity index (χ0n) is 13.6. The lowest BCUT2D eigenvalue weighted by Gasteiger charge is -2.23. The summed E-state index contributed by atoms with van der Waals surface area (Å²) in [5.74, 6) is 0.910. The molecule has 5 rings (SSSR count). The van der Waals surface area contributed by atoms with E-state index in [1.807, 2.05) is 24.4 Å². The fourth-order valence-corrected chi connectivity index (χ4v) is 3.63. The smallest absolute Gasteiger partial charge is 0.129 e. The monoisotopic (exact) mass is 312 g/mol. The van der Waals surface area contributed by atoms with E-state index in [9.17, 15) is 0 Å². The summed E-state index contributed by atoms with van der Waals surface area (Å²) in [6.07, 6.45) is 1.88. The van der Waals surface area contributed by atoms with Crippen LogP contribution in [0.1, 0.15) is 16.7 Å². The Morgan fingerprint density at radius 1 is 1.00 bits per heavy atom. The molecule has 116 valence electrons. The quantitative estimate of drug-likeness (QED) is 0.430. The van der Waals surface area contributed by atoms with Gasteiger partial charge in [0.1, 0.15) is 12.4 Å². The van der Waals surface area contributed by atoms with Crippen molar-refractivity contribution in [2.45, 2.75) is 20.5 Å². The van der Waals surface area contributed by atoms with Gasteiger partial charge < -0.3 is 4.74 Å². The lowest BCUT2D eigenvalue weighted by atomic mass is 9.94. The van der Waals surface area contributed by atoms with Gasteiger partial charge in [-0.05, 0) is 37.6 Å². The highest BCUT2D eigenvalue weighted by molar-refractivity contribution is 6.07. The topological polar surface area (TPSA) is 35.0 Å². The zero-order chi connectivity index (χ0) is 16.3. The molecule has 0 saturated heterocycles. The van der Waals surface area contributed by atoms with Gasteiger partial charge in [0.05, 0.1) is 22.9 Å². The molecule has 0 amide bonds. The summed E-state index contributed by atoms with van der Waals surface area (Å²) >= 11 is 0. The Morgan fingerprint density at radius 2 is 1.88 bits per heavy atom. The minimum absolute atomic E-state index is 0.566. The third-order valence-corrected chi connectivity index (χ3v) is 4.86. The third-order valence-electron chi connectivity index (χ3n) is 4.86. The van der Waals surface area contributed by atoms with Crippen LogP contribution in [0.2, 0.25) is 0 Å². The normalized spacial score (nSPS) is 12.8. The van der Waals surface area contributed by atoms with E-state index in [1.165, 1.54) is 22.1 Å². The van der Waals surface area contributed by atoms with Gasteiger partial charge >= 0.3 is 0 Å². The van der Waals surface area contributed by atoms with Crippen molar-refractivity contribution in [1.29, 1.82) is 0 Å². The van der Waals surface area contributed by atoms with E-state index >= 15 is 0 Å². The van der Waals surface area contributed by atoms with Crippen molar-refractivity contribution in [3.8, 4) is 17.0 Å². The van der Waals surface area contributed by atoms with Gasteiger partial charge in [0.15, 0.2) is 0 Å². The molecule has 1 aliphatic rings. The van der Waals surface area contributed by atoms with Gasteiger partial charge in [0, 0.05) is 21.9 Å². The van der Waals surface area contributed by atoms with Crippen LogP contribution in [0.15, 0.2) is 48.7 Å². The van der Waals surface area contributed by atoms with Crippen LogP contribution in [-0.2, 0) is 6.61 Å². The van der Waals surface area contributed by atoms with Crippen LogP contribution in [0.5, 0.6) is 5.75 Å². The van der Waals surface area contributed by atoms with Crippen LogP contribution in [0, 0.1) is 13.8 Å². The van der Waals surface area contributed by atoms with E-state index in [0.717, 1.165) is 33.4 Å². The number of aromatic nitrogens is 2. The highest BCUT2D eigenvalue weighted by Crippen LogP contribution is 2.40. The molecule has 0 unspecified atom stereocenters. The number of hydrogen-bond donors (Lipinski definition) is 0. The first kappa shape index (κ1) is 13.5. The molecule has 0 radical (unpaired) electrons. The average molecular weight is 312 g/mol. The summed E-state index contributed by atoms with van der Waals surface area (Å²) in [7, 11) is 0. The van der Waals surface area contributed by atoms with Crippen LogP contribution in [0.25, 0.3) is 33.1 Å². The van der Waals surface area contributed by atoms with Gasteiger partial charge in [-0.3, -0.25) is 4.98 Å². The molecule has 0 N–H and O–H groups in total. The average Bonchev–Trinajstić information content (AvgIpc) is 2.61. The first-order valence-corrected chi connectivity index (χ1v) is 8.13. The number of hydrogen-bond acceptors (Lipinski definition) is 3. The van der Waals surface area contributed by atoms with E-state index in [-0.39, 0.29) is 0 Å². The number of para-hydroxylation sites is 1. The number of nitrogens with zero attached hydrogens (tertiary/aromatic N) is 2. The fourth-order valence-electron chi connectivity index (χ4n) is 3.63. The minimum atomic E-state index is 0.566. The van der Waals surface area contributed by atoms with Crippen molar-refractivity contribution in [3.63, 3.8) is 0 Å². The van der Waals surface area contributed by atoms with Crippen molar-refractivity contribution in [2.24, 2.45) is 0 Å². The van der Waals surface area contributed by atoms with Gasteiger partial charge in [-0.1, -0.05) is 29.8 Å². The largest absolute Gasteiger partial charge is 0.488 e. The lowest BCUT2D eigenvalue weighted by molar-refractivity contribution is 0.301. The summed E-state index contributed by atoms with van der Waals surface area (Å²) in [5.41, 5.74) is 7.68. The second-order valence-corrected chi connectivity index (χ2v) is 6.39. The number of benzene rings is 2. The second kappa shape index (κ2) is 4.78. The van der Waals surface area contributed by atoms with Crippen molar-refractivity contribution < 1.29 is 4.74 Å². The Kier molecular flexibility index (Phi) is 2.69. The Hall–Kier alpha value is -2.94. The number of fused-ring (bicyclic) bond motifs is 6. The Bertz CT molecular complexity index is 1130. The molecule has 3 nitrogen and oxygen atoms in total. The molecule has 0 saturated carbocycles. The van der Waals surface area contributed by atoms with Crippen LogP contribution < -0.4 is 4.74 Å². The maximum Gasteiger partial charge on any atom is 0.129 e. The molecule has 2 aromatic heterocycles. The molecule has 3 heterocycles. The molecule has 0 fully saturated rings. The van der Waals surface area contributed by atoms with Crippen LogP contribution in [-0.4, -0.2) is 9.97 Å². The summed E-state index contributed by atoms with van der Waals surface area (Å²) in [6.45, 7) is 4.83. The zero-order valence-corrected chi connectivity index (χ0v) is 13.6. The molecule has 1 aliphatic heterocycles. The Morgan fingerprint density at radius 3 is 2.79 bits per heavy atom. The maximum absolute atomic E-state index is 5.99. The van der Waals surface area contributed by atoms with Crippen molar-refractivity contribution >= 4 is 21.8 Å².